The van der Waals surface area contributed by atoms with Gasteiger partial charge in [0.15, 0.2) is 11.6 Å². The molecule has 1 aromatic carbocycles. The highest BCUT2D eigenvalue weighted by Gasteiger charge is 2.33. The minimum atomic E-state index is -0.792. The average molecular weight is 301 g/mol. The predicted molar refractivity (Wildman–Crippen MR) is 79.0 cm³/mol. The normalized spacial score (nSPS) is 15.2. The van der Waals surface area contributed by atoms with Crippen LogP contribution in [0.25, 0.3) is 0 Å². The van der Waals surface area contributed by atoms with Crippen molar-refractivity contribution in [3.63, 3.8) is 0 Å². The number of nitrogens with zero attached hydrogens (tertiary/aromatic N) is 1. The molecule has 1 fully saturated rings. The maximum Gasteiger partial charge on any atom is 0.276 e. The quantitative estimate of drug-likeness (QED) is 0.586. The van der Waals surface area contributed by atoms with E-state index >= 15 is 0 Å². The third-order valence-corrected chi connectivity index (χ3v) is 3.75. The number of nitrogens with one attached hydrogen (secondary N) is 2. The molecule has 1 aliphatic rings. The number of halogens is 1. The van der Waals surface area contributed by atoms with Gasteiger partial charge in [-0.2, -0.15) is 0 Å². The molecule has 5 nitrogen and oxygen atoms in total. The van der Waals surface area contributed by atoms with Crippen LogP contribution in [0.1, 0.15) is 34.8 Å². The molecular formula is C16H16FN3O2. The zero-order valence-corrected chi connectivity index (χ0v) is 11.8. The van der Waals surface area contributed by atoms with Crippen LogP contribution in [0.3, 0.4) is 0 Å². The molecule has 0 aliphatic heterocycles. The number of carbonyl (C=O) groups excluding carboxylic acids is 1. The smallest absolute Gasteiger partial charge is 0.276 e. The lowest BCUT2D eigenvalue weighted by atomic mass is 10.0. The summed E-state index contributed by atoms with van der Waals surface area (Å²) in [4.78, 5) is 15.2. The minimum absolute atomic E-state index is 0.000665. The number of rotatable bonds is 5. The van der Waals surface area contributed by atoms with E-state index in [2.05, 4.69) is 10.3 Å². The first kappa shape index (κ1) is 14.5. The molecular weight excluding hydrogens is 285 g/mol. The first-order valence-electron chi connectivity index (χ1n) is 7.10. The molecule has 6 heteroatoms. The van der Waals surface area contributed by atoms with E-state index < -0.39 is 11.7 Å². The van der Waals surface area contributed by atoms with Crippen LogP contribution in [-0.2, 0) is 0 Å². The Balaban J connectivity index is 1.83. The van der Waals surface area contributed by atoms with Crippen molar-refractivity contribution >= 4 is 11.7 Å². The molecule has 0 radical (unpaired) electrons. The SMILES string of the molecule is O=C(NO)c1cnc(N[C@@H](c2ccccc2)C2CC2)c(F)c1. The maximum atomic E-state index is 14.1. The van der Waals surface area contributed by atoms with Gasteiger partial charge in [-0.3, -0.25) is 10.0 Å². The van der Waals surface area contributed by atoms with Gasteiger partial charge in [-0.05, 0) is 30.4 Å². The molecule has 1 saturated carbocycles. The van der Waals surface area contributed by atoms with Crippen molar-refractivity contribution in [2.45, 2.75) is 18.9 Å². The Hall–Kier alpha value is -2.47. The van der Waals surface area contributed by atoms with E-state index in [9.17, 15) is 9.18 Å². The zero-order valence-electron chi connectivity index (χ0n) is 11.8. The Kier molecular flexibility index (Phi) is 4.02. The van der Waals surface area contributed by atoms with E-state index in [-0.39, 0.29) is 17.4 Å². The third-order valence-electron chi connectivity index (χ3n) is 3.75. The molecule has 1 aromatic heterocycles. The van der Waals surface area contributed by atoms with Gasteiger partial charge in [0.1, 0.15) is 0 Å². The summed E-state index contributed by atoms with van der Waals surface area (Å²) in [5.41, 5.74) is 2.51. The molecule has 0 bridgehead atoms. The van der Waals surface area contributed by atoms with Crippen LogP contribution in [0.4, 0.5) is 10.2 Å². The fourth-order valence-corrected chi connectivity index (χ4v) is 2.44. The van der Waals surface area contributed by atoms with Crippen molar-refractivity contribution in [3.8, 4) is 0 Å². The summed E-state index contributed by atoms with van der Waals surface area (Å²) < 4.78 is 14.1. The zero-order chi connectivity index (χ0) is 15.5. The van der Waals surface area contributed by atoms with Crippen molar-refractivity contribution in [1.29, 1.82) is 0 Å². The van der Waals surface area contributed by atoms with Crippen LogP contribution < -0.4 is 10.8 Å². The second kappa shape index (κ2) is 6.11. The summed E-state index contributed by atoms with van der Waals surface area (Å²) >= 11 is 0. The van der Waals surface area contributed by atoms with Crippen LogP contribution in [-0.4, -0.2) is 16.1 Å². The summed E-state index contributed by atoms with van der Waals surface area (Å²) in [7, 11) is 0. The molecule has 1 heterocycles. The second-order valence-corrected chi connectivity index (χ2v) is 5.37. The fraction of sp³-hybridized carbons (Fsp3) is 0.250. The maximum absolute atomic E-state index is 14.1. The fourth-order valence-electron chi connectivity index (χ4n) is 2.44. The predicted octanol–water partition coefficient (Wildman–Crippen LogP) is 2.90. The van der Waals surface area contributed by atoms with Gasteiger partial charge >= 0.3 is 0 Å². The second-order valence-electron chi connectivity index (χ2n) is 5.37. The van der Waals surface area contributed by atoms with Gasteiger partial charge < -0.3 is 5.32 Å². The van der Waals surface area contributed by atoms with Crippen LogP contribution in [0, 0.1) is 11.7 Å². The van der Waals surface area contributed by atoms with Gasteiger partial charge in [-0.25, -0.2) is 14.9 Å². The van der Waals surface area contributed by atoms with Gasteiger partial charge in [0.2, 0.25) is 0 Å². The van der Waals surface area contributed by atoms with E-state index in [1.165, 1.54) is 11.7 Å². The van der Waals surface area contributed by atoms with E-state index in [0.29, 0.717) is 5.92 Å². The van der Waals surface area contributed by atoms with Crippen LogP contribution in [0.2, 0.25) is 0 Å². The molecule has 1 amide bonds. The lowest BCUT2D eigenvalue weighted by molar-refractivity contribution is 0.0705. The van der Waals surface area contributed by atoms with E-state index in [4.69, 9.17) is 5.21 Å². The topological polar surface area (TPSA) is 74.2 Å². The first-order valence-corrected chi connectivity index (χ1v) is 7.10. The summed E-state index contributed by atoms with van der Waals surface area (Å²) in [5.74, 6) is -0.846. The van der Waals surface area contributed by atoms with Gasteiger partial charge in [-0.15, -0.1) is 0 Å². The molecule has 1 atom stereocenters. The molecule has 0 unspecified atom stereocenters. The highest BCUT2D eigenvalue weighted by atomic mass is 19.1. The van der Waals surface area contributed by atoms with Crippen LogP contribution in [0.15, 0.2) is 42.6 Å². The van der Waals surface area contributed by atoms with Crippen molar-refractivity contribution in [2.75, 3.05) is 5.32 Å². The summed E-state index contributed by atoms with van der Waals surface area (Å²) in [5, 5.41) is 11.7. The molecule has 1 aliphatic carbocycles. The summed E-state index contributed by atoms with van der Waals surface area (Å²) in [6.45, 7) is 0. The molecule has 114 valence electrons. The number of hydrogen-bond acceptors (Lipinski definition) is 4. The van der Waals surface area contributed by atoms with Crippen molar-refractivity contribution in [1.82, 2.24) is 10.5 Å². The molecule has 3 rings (SSSR count). The Labute approximate surface area is 127 Å². The standard InChI is InChI=1S/C16H16FN3O2/c17-13-8-12(16(21)20-22)9-18-15(13)19-14(11-6-7-11)10-4-2-1-3-5-10/h1-5,8-9,11,14,22H,6-7H2,(H,18,19)(H,20,21)/t14-/m0/s1. The summed E-state index contributed by atoms with van der Waals surface area (Å²) in [6, 6.07) is 10.9. The lowest BCUT2D eigenvalue weighted by Crippen LogP contribution is -2.20. The number of hydroxylamine groups is 1. The van der Waals surface area contributed by atoms with Gasteiger partial charge in [0.25, 0.3) is 5.91 Å². The van der Waals surface area contributed by atoms with Gasteiger partial charge in [0, 0.05) is 6.20 Å². The Morgan fingerprint density at radius 1 is 1.32 bits per heavy atom. The van der Waals surface area contributed by atoms with E-state index in [1.807, 2.05) is 30.3 Å². The van der Waals surface area contributed by atoms with Gasteiger partial charge in [-0.1, -0.05) is 30.3 Å². The number of pyridine rings is 1. The third kappa shape index (κ3) is 3.07. The number of carbonyl (C=O) groups is 1. The minimum Gasteiger partial charge on any atom is -0.361 e. The average Bonchev–Trinajstić information content (AvgIpc) is 3.38. The molecule has 3 N–H and O–H groups in total. The Morgan fingerprint density at radius 2 is 2.05 bits per heavy atom. The molecule has 0 saturated heterocycles. The highest BCUT2D eigenvalue weighted by Crippen LogP contribution is 2.42. The first-order chi connectivity index (χ1) is 10.7. The number of amides is 1. The monoisotopic (exact) mass is 301 g/mol. The number of aromatic nitrogens is 1. The summed E-state index contributed by atoms with van der Waals surface area (Å²) in [6.07, 6.45) is 3.42. The Bertz CT molecular complexity index is 674. The molecule has 0 spiro atoms. The Morgan fingerprint density at radius 3 is 2.64 bits per heavy atom. The van der Waals surface area contributed by atoms with E-state index in [0.717, 1.165) is 24.5 Å². The lowest BCUT2D eigenvalue weighted by Gasteiger charge is -2.19. The van der Waals surface area contributed by atoms with Crippen molar-refractivity contribution in [2.24, 2.45) is 5.92 Å². The molecule has 2 aromatic rings. The number of hydrogen-bond donors (Lipinski definition) is 3. The molecule has 22 heavy (non-hydrogen) atoms. The van der Waals surface area contributed by atoms with Crippen LogP contribution >= 0.6 is 0 Å². The largest absolute Gasteiger partial charge is 0.361 e. The highest BCUT2D eigenvalue weighted by molar-refractivity contribution is 5.93. The van der Waals surface area contributed by atoms with Crippen molar-refractivity contribution in [3.05, 3.63) is 59.5 Å². The van der Waals surface area contributed by atoms with Crippen molar-refractivity contribution < 1.29 is 14.4 Å². The van der Waals surface area contributed by atoms with E-state index in [1.54, 1.807) is 0 Å². The number of benzene rings is 1. The van der Waals surface area contributed by atoms with Crippen LogP contribution in [0.5, 0.6) is 0 Å². The van der Waals surface area contributed by atoms with Gasteiger partial charge in [0.05, 0.1) is 11.6 Å². The number of anilines is 1.